The number of anilines is 1. The second kappa shape index (κ2) is 11.9. The molecule has 36 heavy (non-hydrogen) atoms. The molecule has 6 nitrogen and oxygen atoms in total. The van der Waals surface area contributed by atoms with Crippen molar-refractivity contribution < 1.29 is 8.42 Å². The van der Waals surface area contributed by atoms with Crippen molar-refractivity contribution in [3.63, 3.8) is 0 Å². The molecule has 0 bridgehead atoms. The van der Waals surface area contributed by atoms with Crippen LogP contribution in [-0.2, 0) is 10.0 Å². The van der Waals surface area contributed by atoms with E-state index in [1.807, 2.05) is 37.3 Å². The Bertz CT molecular complexity index is 1190. The van der Waals surface area contributed by atoms with Crippen molar-refractivity contribution in [2.24, 2.45) is 0 Å². The Morgan fingerprint density at radius 3 is 2.42 bits per heavy atom. The molecule has 0 radical (unpaired) electrons. The van der Waals surface area contributed by atoms with E-state index in [0.29, 0.717) is 23.6 Å². The molecule has 0 spiro atoms. The van der Waals surface area contributed by atoms with Crippen LogP contribution in [0.2, 0.25) is 0 Å². The van der Waals surface area contributed by atoms with E-state index in [2.05, 4.69) is 39.3 Å². The van der Waals surface area contributed by atoms with Gasteiger partial charge in [-0.25, -0.2) is 8.42 Å². The van der Waals surface area contributed by atoms with Crippen LogP contribution in [-0.4, -0.2) is 56.7 Å². The van der Waals surface area contributed by atoms with Crippen molar-refractivity contribution in [3.8, 4) is 6.07 Å². The van der Waals surface area contributed by atoms with E-state index < -0.39 is 10.0 Å². The zero-order valence-corrected chi connectivity index (χ0v) is 22.2. The van der Waals surface area contributed by atoms with Gasteiger partial charge in [-0.3, -0.25) is 4.72 Å². The number of sulfonamides is 1. The summed E-state index contributed by atoms with van der Waals surface area (Å²) < 4.78 is 28.4. The fraction of sp³-hybridized carbons (Fsp3) is 0.483. The number of rotatable bonds is 9. The largest absolute Gasteiger partial charge is 0.371 e. The van der Waals surface area contributed by atoms with Crippen LogP contribution < -0.4 is 4.72 Å². The molecule has 2 saturated heterocycles. The fourth-order valence-electron chi connectivity index (χ4n) is 5.29. The molecular weight excluding hydrogens is 468 g/mol. The molecule has 7 heteroatoms. The first kappa shape index (κ1) is 26.2. The van der Waals surface area contributed by atoms with Gasteiger partial charge in [-0.2, -0.15) is 5.26 Å². The quantitative estimate of drug-likeness (QED) is 0.497. The molecule has 0 atom stereocenters. The van der Waals surface area contributed by atoms with Crippen LogP contribution in [0.15, 0.2) is 49.0 Å². The number of nitrogens with zero attached hydrogens (tertiary/aromatic N) is 3. The zero-order valence-electron chi connectivity index (χ0n) is 21.4. The predicted octanol–water partition coefficient (Wildman–Crippen LogP) is 5.33. The number of benzene rings is 2. The van der Waals surface area contributed by atoms with Crippen LogP contribution in [0.25, 0.3) is 5.70 Å². The Labute approximate surface area is 216 Å². The SMILES string of the molecule is C=C(c1ccc(C)c(NS(=O)(=O)CCCN2CCCCC2)c1)N1CCC(c2ccc(C#N)cc2)CC1. The minimum absolute atomic E-state index is 0.136. The number of aryl methyl sites for hydroxylation is 1. The van der Waals surface area contributed by atoms with Gasteiger partial charge in [0.15, 0.2) is 0 Å². The summed E-state index contributed by atoms with van der Waals surface area (Å²) >= 11 is 0. The maximum absolute atomic E-state index is 12.8. The van der Waals surface area contributed by atoms with Crippen LogP contribution in [0, 0.1) is 18.3 Å². The van der Waals surface area contributed by atoms with Gasteiger partial charge in [0.2, 0.25) is 10.0 Å². The van der Waals surface area contributed by atoms with Crippen molar-refractivity contribution in [2.45, 2.75) is 51.4 Å². The Balaban J connectivity index is 1.33. The van der Waals surface area contributed by atoms with E-state index in [1.165, 1.54) is 24.8 Å². The maximum Gasteiger partial charge on any atom is 0.232 e. The topological polar surface area (TPSA) is 76.4 Å². The lowest BCUT2D eigenvalue weighted by Crippen LogP contribution is -2.32. The first-order valence-electron chi connectivity index (χ1n) is 13.1. The molecule has 0 aromatic heterocycles. The highest BCUT2D eigenvalue weighted by molar-refractivity contribution is 7.92. The summed E-state index contributed by atoms with van der Waals surface area (Å²) in [5.74, 6) is 0.615. The molecule has 0 saturated carbocycles. The molecule has 2 fully saturated rings. The molecule has 2 aliphatic rings. The maximum atomic E-state index is 12.8. The Hall–Kier alpha value is -2.82. The molecule has 192 valence electrons. The summed E-state index contributed by atoms with van der Waals surface area (Å²) in [4.78, 5) is 4.67. The van der Waals surface area contributed by atoms with E-state index in [-0.39, 0.29) is 5.75 Å². The molecule has 0 amide bonds. The third kappa shape index (κ3) is 6.89. The van der Waals surface area contributed by atoms with Gasteiger partial charge < -0.3 is 9.80 Å². The van der Waals surface area contributed by atoms with Crippen molar-refractivity contribution >= 4 is 21.4 Å². The standard InChI is InChI=1S/C29H38N4O2S/c1-23-7-10-28(21-29(23)31-36(34,35)20-6-17-32-15-4-3-5-16-32)24(2)33-18-13-27(14-19-33)26-11-8-25(22-30)9-12-26/h7-12,21,27,31H,2-6,13-20H2,1H3. The van der Waals surface area contributed by atoms with E-state index in [9.17, 15) is 8.42 Å². The lowest BCUT2D eigenvalue weighted by atomic mass is 9.88. The van der Waals surface area contributed by atoms with Crippen LogP contribution in [0.5, 0.6) is 0 Å². The van der Waals surface area contributed by atoms with E-state index in [0.717, 1.165) is 62.4 Å². The van der Waals surface area contributed by atoms with Crippen LogP contribution in [0.3, 0.4) is 0 Å². The van der Waals surface area contributed by atoms with Gasteiger partial charge >= 0.3 is 0 Å². The molecule has 0 aliphatic carbocycles. The van der Waals surface area contributed by atoms with Crippen molar-refractivity contribution in [2.75, 3.05) is 43.2 Å². The highest BCUT2D eigenvalue weighted by Gasteiger charge is 2.23. The van der Waals surface area contributed by atoms with Crippen LogP contribution in [0.1, 0.15) is 66.7 Å². The lowest BCUT2D eigenvalue weighted by Gasteiger charge is -2.35. The minimum atomic E-state index is -3.41. The number of hydrogen-bond acceptors (Lipinski definition) is 5. The van der Waals surface area contributed by atoms with Gasteiger partial charge in [0.05, 0.1) is 23.1 Å². The monoisotopic (exact) mass is 506 g/mol. The van der Waals surface area contributed by atoms with Crippen molar-refractivity contribution in [1.82, 2.24) is 9.80 Å². The highest BCUT2D eigenvalue weighted by Crippen LogP contribution is 2.32. The molecule has 2 aliphatic heterocycles. The molecular formula is C29H38N4O2S. The van der Waals surface area contributed by atoms with Crippen LogP contribution >= 0.6 is 0 Å². The van der Waals surface area contributed by atoms with E-state index in [4.69, 9.17) is 5.26 Å². The Kier molecular flexibility index (Phi) is 8.71. The van der Waals surface area contributed by atoms with Gasteiger partial charge in [0.1, 0.15) is 0 Å². The van der Waals surface area contributed by atoms with Gasteiger partial charge in [-0.15, -0.1) is 0 Å². The van der Waals surface area contributed by atoms with Crippen molar-refractivity contribution in [1.29, 1.82) is 5.26 Å². The van der Waals surface area contributed by atoms with Gasteiger partial charge in [0.25, 0.3) is 0 Å². The summed E-state index contributed by atoms with van der Waals surface area (Å²) in [5.41, 5.74) is 5.40. The van der Waals surface area contributed by atoms with E-state index in [1.54, 1.807) is 0 Å². The second-order valence-electron chi connectivity index (χ2n) is 10.1. The lowest BCUT2D eigenvalue weighted by molar-refractivity contribution is 0.229. The normalized spacial score (nSPS) is 17.5. The molecule has 2 aromatic rings. The van der Waals surface area contributed by atoms with E-state index >= 15 is 0 Å². The summed E-state index contributed by atoms with van der Waals surface area (Å²) in [6.45, 7) is 11.1. The number of piperidine rings is 2. The average Bonchev–Trinajstić information content (AvgIpc) is 2.90. The molecule has 2 heterocycles. The summed E-state index contributed by atoms with van der Waals surface area (Å²) in [6.07, 6.45) is 6.41. The molecule has 2 aromatic carbocycles. The average molecular weight is 507 g/mol. The fourth-order valence-corrected chi connectivity index (χ4v) is 6.45. The number of nitriles is 1. The smallest absolute Gasteiger partial charge is 0.232 e. The third-order valence-electron chi connectivity index (χ3n) is 7.56. The Morgan fingerprint density at radius 1 is 1.06 bits per heavy atom. The Morgan fingerprint density at radius 2 is 1.75 bits per heavy atom. The summed E-state index contributed by atoms with van der Waals surface area (Å²) in [7, 11) is -3.41. The number of likely N-dealkylation sites (tertiary alicyclic amines) is 2. The highest BCUT2D eigenvalue weighted by atomic mass is 32.2. The minimum Gasteiger partial charge on any atom is -0.371 e. The van der Waals surface area contributed by atoms with Crippen LogP contribution in [0.4, 0.5) is 5.69 Å². The second-order valence-corrected chi connectivity index (χ2v) is 12.0. The molecule has 1 N–H and O–H groups in total. The number of hydrogen-bond donors (Lipinski definition) is 1. The predicted molar refractivity (Wildman–Crippen MR) is 147 cm³/mol. The van der Waals surface area contributed by atoms with Gasteiger partial charge in [-0.1, -0.05) is 37.3 Å². The first-order valence-corrected chi connectivity index (χ1v) is 14.8. The van der Waals surface area contributed by atoms with Gasteiger partial charge in [0, 0.05) is 18.8 Å². The van der Waals surface area contributed by atoms with Crippen molar-refractivity contribution in [3.05, 3.63) is 71.3 Å². The summed E-state index contributed by atoms with van der Waals surface area (Å²) in [5, 5.41) is 9.02. The number of nitrogens with one attached hydrogen (secondary N) is 1. The van der Waals surface area contributed by atoms with Gasteiger partial charge in [-0.05, 0) is 99.5 Å². The summed E-state index contributed by atoms with van der Waals surface area (Å²) in [6, 6.07) is 16.0. The third-order valence-corrected chi connectivity index (χ3v) is 8.92. The first-order chi connectivity index (χ1) is 17.3. The molecule has 0 unspecified atom stereocenters. The molecule has 4 rings (SSSR count). The zero-order chi connectivity index (χ0) is 25.5.